The van der Waals surface area contributed by atoms with E-state index in [2.05, 4.69) is 15.5 Å². The molecular weight excluding hydrogens is 386 g/mol. The Morgan fingerprint density at radius 2 is 1.77 bits per heavy atom. The second-order valence-electron chi connectivity index (χ2n) is 8.81. The van der Waals surface area contributed by atoms with Gasteiger partial charge in [-0.05, 0) is 40.2 Å². The molecule has 2 heterocycles. The molecule has 0 fully saturated rings. The molecule has 1 aromatic heterocycles. The number of nitrogens with zero attached hydrogens (tertiary/aromatic N) is 4. The van der Waals surface area contributed by atoms with Crippen molar-refractivity contribution < 1.29 is 19.1 Å². The summed E-state index contributed by atoms with van der Waals surface area (Å²) in [6.07, 6.45) is -0.910. The van der Waals surface area contributed by atoms with Gasteiger partial charge >= 0.3 is 12.2 Å². The number of nitrogens with one attached hydrogen (secondary N) is 1. The van der Waals surface area contributed by atoms with E-state index < -0.39 is 17.2 Å². The van der Waals surface area contributed by atoms with Gasteiger partial charge in [0.15, 0.2) is 11.6 Å². The molecule has 30 heavy (non-hydrogen) atoms. The van der Waals surface area contributed by atoms with Crippen LogP contribution in [0, 0.1) is 0 Å². The van der Waals surface area contributed by atoms with Gasteiger partial charge in [0.05, 0.1) is 12.1 Å². The van der Waals surface area contributed by atoms with E-state index >= 15 is 0 Å². The maximum absolute atomic E-state index is 12.4. The second kappa shape index (κ2) is 8.33. The van der Waals surface area contributed by atoms with Crippen molar-refractivity contribution in [2.24, 2.45) is 0 Å². The molecule has 0 spiro atoms. The Hall–Kier alpha value is -3.10. The number of hydrogen-bond acceptors (Lipinski definition) is 6. The highest BCUT2D eigenvalue weighted by Crippen LogP contribution is 2.23. The highest BCUT2D eigenvalue weighted by Gasteiger charge is 2.34. The van der Waals surface area contributed by atoms with Gasteiger partial charge in [-0.25, -0.2) is 9.59 Å². The molecule has 0 radical (unpaired) electrons. The van der Waals surface area contributed by atoms with Crippen LogP contribution in [-0.2, 0) is 34.7 Å². The van der Waals surface area contributed by atoms with E-state index in [1.807, 2.05) is 69.5 Å². The monoisotopic (exact) mass is 415 g/mol. The minimum atomic E-state index is -0.788. The average molecular weight is 415 g/mol. The van der Waals surface area contributed by atoms with Gasteiger partial charge in [-0.15, -0.1) is 10.2 Å². The highest BCUT2D eigenvalue weighted by atomic mass is 16.6. The number of alkyl carbamates (subject to hydrolysis) is 1. The number of hydrogen-bond donors (Lipinski definition) is 1. The molecule has 1 aliphatic rings. The first-order chi connectivity index (χ1) is 14.0. The van der Waals surface area contributed by atoms with E-state index in [9.17, 15) is 9.59 Å². The summed E-state index contributed by atoms with van der Waals surface area (Å²) >= 11 is 0. The summed E-state index contributed by atoms with van der Waals surface area (Å²) in [7, 11) is 0. The van der Waals surface area contributed by atoms with Crippen molar-refractivity contribution in [1.29, 1.82) is 0 Å². The fraction of sp³-hybridized carbons (Fsp3) is 0.524. The third kappa shape index (κ3) is 5.28. The number of aromatic nitrogens is 3. The van der Waals surface area contributed by atoms with Crippen LogP contribution in [0.4, 0.5) is 9.59 Å². The van der Waals surface area contributed by atoms with Gasteiger partial charge in [-0.3, -0.25) is 4.90 Å². The number of carbonyl (C=O) groups is 2. The lowest BCUT2D eigenvalue weighted by Crippen LogP contribution is -2.46. The lowest BCUT2D eigenvalue weighted by Gasteiger charge is -2.31. The van der Waals surface area contributed by atoms with Crippen molar-refractivity contribution in [3.8, 4) is 0 Å². The lowest BCUT2D eigenvalue weighted by molar-refractivity contribution is 0.0463. The van der Waals surface area contributed by atoms with E-state index in [0.717, 1.165) is 5.56 Å². The molecule has 0 saturated heterocycles. The molecule has 3 rings (SSSR count). The zero-order valence-electron chi connectivity index (χ0n) is 18.1. The summed E-state index contributed by atoms with van der Waals surface area (Å²) < 4.78 is 12.7. The smallest absolute Gasteiger partial charge is 0.410 e. The first-order valence-electron chi connectivity index (χ1n) is 9.94. The molecule has 9 nitrogen and oxygen atoms in total. The summed E-state index contributed by atoms with van der Waals surface area (Å²) in [4.78, 5) is 26.2. The standard InChI is InChI=1S/C21H29N5O4/c1-20(2,3)30-18(27)22-21(4,5)17-24-23-16-13-25(11-12-26(16)17)19(28)29-14-15-9-7-6-8-10-15/h6-10H,11-14H2,1-5H3,(H,22,27). The number of benzene rings is 1. The Kier molecular flexibility index (Phi) is 6.00. The van der Waals surface area contributed by atoms with Gasteiger partial charge in [-0.1, -0.05) is 30.3 Å². The number of fused-ring (bicyclic) bond motifs is 1. The molecule has 0 bridgehead atoms. The number of amides is 2. The molecule has 0 unspecified atom stereocenters. The van der Waals surface area contributed by atoms with Crippen LogP contribution in [0.15, 0.2) is 30.3 Å². The van der Waals surface area contributed by atoms with Gasteiger partial charge < -0.3 is 19.4 Å². The number of ether oxygens (including phenoxy) is 2. The van der Waals surface area contributed by atoms with Crippen LogP contribution in [0.5, 0.6) is 0 Å². The van der Waals surface area contributed by atoms with Crippen LogP contribution in [0.3, 0.4) is 0 Å². The molecule has 9 heteroatoms. The third-order valence-corrected chi connectivity index (χ3v) is 4.59. The SMILES string of the molecule is CC(C)(C)OC(=O)NC(C)(C)c1nnc2n1CCN(C(=O)OCc1ccccc1)C2. The minimum Gasteiger partial charge on any atom is -0.445 e. The average Bonchev–Trinajstić information content (AvgIpc) is 3.09. The Bertz CT molecular complexity index is 902. The van der Waals surface area contributed by atoms with Gasteiger partial charge in [0.25, 0.3) is 0 Å². The van der Waals surface area contributed by atoms with Crippen LogP contribution in [0.25, 0.3) is 0 Å². The quantitative estimate of drug-likeness (QED) is 0.823. The summed E-state index contributed by atoms with van der Waals surface area (Å²) in [5, 5.41) is 11.3. The van der Waals surface area contributed by atoms with Crippen LogP contribution in [-0.4, -0.2) is 44.0 Å². The van der Waals surface area contributed by atoms with Gasteiger partial charge in [0, 0.05) is 13.1 Å². The van der Waals surface area contributed by atoms with Crippen LogP contribution in [0.2, 0.25) is 0 Å². The zero-order valence-corrected chi connectivity index (χ0v) is 18.1. The number of rotatable bonds is 4. The van der Waals surface area contributed by atoms with E-state index in [1.165, 1.54) is 0 Å². The van der Waals surface area contributed by atoms with E-state index in [0.29, 0.717) is 31.3 Å². The molecule has 2 aromatic rings. The second-order valence-corrected chi connectivity index (χ2v) is 8.81. The fourth-order valence-electron chi connectivity index (χ4n) is 3.20. The minimum absolute atomic E-state index is 0.223. The molecule has 0 atom stereocenters. The predicted molar refractivity (Wildman–Crippen MR) is 109 cm³/mol. The number of carbonyl (C=O) groups excluding carboxylic acids is 2. The highest BCUT2D eigenvalue weighted by molar-refractivity contribution is 5.69. The fourth-order valence-corrected chi connectivity index (χ4v) is 3.20. The van der Waals surface area contributed by atoms with E-state index in [-0.39, 0.29) is 12.7 Å². The Balaban J connectivity index is 1.63. The summed E-state index contributed by atoms with van der Waals surface area (Å²) in [6, 6.07) is 9.54. The van der Waals surface area contributed by atoms with Gasteiger partial charge in [-0.2, -0.15) is 0 Å². The van der Waals surface area contributed by atoms with Crippen molar-refractivity contribution in [3.05, 3.63) is 47.5 Å². The lowest BCUT2D eigenvalue weighted by atomic mass is 10.0. The zero-order chi connectivity index (χ0) is 21.9. The van der Waals surface area contributed by atoms with Crippen molar-refractivity contribution in [3.63, 3.8) is 0 Å². The van der Waals surface area contributed by atoms with Crippen LogP contribution in [0.1, 0.15) is 51.8 Å². The predicted octanol–water partition coefficient (Wildman–Crippen LogP) is 3.19. The maximum Gasteiger partial charge on any atom is 0.410 e. The Morgan fingerprint density at radius 3 is 2.43 bits per heavy atom. The van der Waals surface area contributed by atoms with Gasteiger partial charge in [0.2, 0.25) is 0 Å². The Labute approximate surface area is 176 Å². The first-order valence-corrected chi connectivity index (χ1v) is 9.94. The first kappa shape index (κ1) is 21.6. The maximum atomic E-state index is 12.4. The molecule has 2 amide bonds. The largest absolute Gasteiger partial charge is 0.445 e. The molecule has 0 saturated carbocycles. The molecule has 1 aliphatic heterocycles. The van der Waals surface area contributed by atoms with Crippen LogP contribution >= 0.6 is 0 Å². The molecule has 1 aromatic carbocycles. The van der Waals surface area contributed by atoms with Crippen molar-refractivity contribution in [2.75, 3.05) is 6.54 Å². The Morgan fingerprint density at radius 1 is 1.07 bits per heavy atom. The topological polar surface area (TPSA) is 98.6 Å². The molecule has 0 aliphatic carbocycles. The van der Waals surface area contributed by atoms with Gasteiger partial charge in [0.1, 0.15) is 12.2 Å². The third-order valence-electron chi connectivity index (χ3n) is 4.59. The molecule has 162 valence electrons. The van der Waals surface area contributed by atoms with Crippen molar-refractivity contribution >= 4 is 12.2 Å². The van der Waals surface area contributed by atoms with Crippen LogP contribution < -0.4 is 5.32 Å². The normalized spacial score (nSPS) is 14.1. The molecular formula is C21H29N5O4. The summed E-state index contributed by atoms with van der Waals surface area (Å²) in [6.45, 7) is 10.6. The summed E-state index contributed by atoms with van der Waals surface area (Å²) in [5.41, 5.74) is -0.447. The van der Waals surface area contributed by atoms with Crippen molar-refractivity contribution in [1.82, 2.24) is 25.0 Å². The van der Waals surface area contributed by atoms with E-state index in [1.54, 1.807) is 4.90 Å². The molecule has 1 N–H and O–H groups in total. The summed E-state index contributed by atoms with van der Waals surface area (Å²) in [5.74, 6) is 1.26. The van der Waals surface area contributed by atoms with E-state index in [4.69, 9.17) is 9.47 Å². The van der Waals surface area contributed by atoms with Crippen molar-refractivity contribution in [2.45, 2.75) is 65.5 Å².